The molecule has 0 fully saturated rings. The van der Waals surface area contributed by atoms with E-state index in [1.54, 1.807) is 6.92 Å². The minimum atomic E-state index is -3.83. The zero-order chi connectivity index (χ0) is 21.8. The Hall–Kier alpha value is -2.02. The van der Waals surface area contributed by atoms with Crippen molar-refractivity contribution in [3.63, 3.8) is 0 Å². The number of hydrogen-bond acceptors (Lipinski definition) is 7. The number of carbonyl (C=O) groups is 1. The van der Waals surface area contributed by atoms with Crippen LogP contribution in [-0.4, -0.2) is 30.9 Å². The van der Waals surface area contributed by atoms with Crippen LogP contribution in [0.2, 0.25) is 0 Å². The summed E-state index contributed by atoms with van der Waals surface area (Å²) in [5.74, 6) is -1.13. The molecule has 2 aromatic rings. The Morgan fingerprint density at radius 1 is 0.933 bits per heavy atom. The Morgan fingerprint density at radius 2 is 1.43 bits per heavy atom. The van der Waals surface area contributed by atoms with Gasteiger partial charge < -0.3 is 9.84 Å². The van der Waals surface area contributed by atoms with Crippen molar-refractivity contribution in [2.45, 2.75) is 39.1 Å². The lowest BCUT2D eigenvalue weighted by atomic mass is 10.0. The van der Waals surface area contributed by atoms with E-state index < -0.39 is 25.8 Å². The van der Waals surface area contributed by atoms with Gasteiger partial charge in [0.2, 0.25) is 0 Å². The Bertz CT molecular complexity index is 750. The highest BCUT2D eigenvalue weighted by Gasteiger charge is 2.28. The molecule has 164 valence electrons. The molecule has 0 aromatic heterocycles. The zero-order valence-corrected chi connectivity index (χ0v) is 18.2. The van der Waals surface area contributed by atoms with Crippen LogP contribution in [0.4, 0.5) is 0 Å². The van der Waals surface area contributed by atoms with E-state index in [4.69, 9.17) is 13.6 Å². The smallest absolute Gasteiger partial charge is 0.469 e. The summed E-state index contributed by atoms with van der Waals surface area (Å²) in [5.41, 5.74) is 1.68. The normalized spacial score (nSPS) is 13.6. The standard InChI is InChI=1S/C22H29O7P/c1-18(22(24)26-2)21(23)14-9-15-27-30(25,28-16-19-10-5-3-6-11-19)29-17-20-12-7-4-8-13-20/h3-8,10-13,18,21,23H,9,14-17H2,1-2H3/t18-,21+/m1/s1. The molecule has 0 spiro atoms. The summed E-state index contributed by atoms with van der Waals surface area (Å²) >= 11 is 0. The van der Waals surface area contributed by atoms with Gasteiger partial charge in [0.25, 0.3) is 0 Å². The van der Waals surface area contributed by atoms with Gasteiger partial charge in [-0.15, -0.1) is 0 Å². The third kappa shape index (κ3) is 8.38. The lowest BCUT2D eigenvalue weighted by Gasteiger charge is -2.20. The average molecular weight is 436 g/mol. The van der Waals surface area contributed by atoms with Crippen LogP contribution in [0.3, 0.4) is 0 Å². The number of phosphoric ester groups is 1. The monoisotopic (exact) mass is 436 g/mol. The van der Waals surface area contributed by atoms with Crippen LogP contribution in [0.1, 0.15) is 30.9 Å². The van der Waals surface area contributed by atoms with Crippen LogP contribution >= 0.6 is 7.82 Å². The average Bonchev–Trinajstić information content (AvgIpc) is 2.79. The van der Waals surface area contributed by atoms with Gasteiger partial charge in [-0.2, -0.15) is 0 Å². The van der Waals surface area contributed by atoms with Crippen LogP contribution in [0.5, 0.6) is 0 Å². The highest BCUT2D eigenvalue weighted by molar-refractivity contribution is 7.48. The minimum absolute atomic E-state index is 0.0474. The maximum Gasteiger partial charge on any atom is 0.475 e. The third-order valence-electron chi connectivity index (χ3n) is 4.51. The van der Waals surface area contributed by atoms with E-state index >= 15 is 0 Å². The van der Waals surface area contributed by atoms with Gasteiger partial charge in [-0.1, -0.05) is 60.7 Å². The Kier molecular flexibility index (Phi) is 10.2. The number of aliphatic hydroxyl groups excluding tert-OH is 1. The molecule has 2 rings (SSSR count). The summed E-state index contributed by atoms with van der Waals surface area (Å²) in [5, 5.41) is 10.1. The van der Waals surface area contributed by atoms with Crippen molar-refractivity contribution in [3.8, 4) is 0 Å². The van der Waals surface area contributed by atoms with Crippen LogP contribution in [-0.2, 0) is 40.9 Å². The van der Waals surface area contributed by atoms with Crippen LogP contribution in [0.25, 0.3) is 0 Å². The van der Waals surface area contributed by atoms with Gasteiger partial charge in [0.1, 0.15) is 0 Å². The highest BCUT2D eigenvalue weighted by Crippen LogP contribution is 2.51. The van der Waals surface area contributed by atoms with Crippen LogP contribution in [0, 0.1) is 5.92 Å². The van der Waals surface area contributed by atoms with Crippen molar-refractivity contribution in [2.75, 3.05) is 13.7 Å². The molecule has 0 aliphatic carbocycles. The van der Waals surface area contributed by atoms with Gasteiger partial charge in [0.05, 0.1) is 39.0 Å². The number of methoxy groups -OCH3 is 1. The molecular formula is C22H29O7P. The van der Waals surface area contributed by atoms with Gasteiger partial charge in [0, 0.05) is 0 Å². The highest BCUT2D eigenvalue weighted by atomic mass is 31.2. The van der Waals surface area contributed by atoms with Crippen molar-refractivity contribution < 1.29 is 32.8 Å². The van der Waals surface area contributed by atoms with Crippen LogP contribution < -0.4 is 0 Å². The maximum absolute atomic E-state index is 13.1. The molecule has 8 heteroatoms. The second-order valence-corrected chi connectivity index (χ2v) is 8.49. The molecule has 0 saturated heterocycles. The molecule has 30 heavy (non-hydrogen) atoms. The number of esters is 1. The largest absolute Gasteiger partial charge is 0.475 e. The SMILES string of the molecule is COC(=O)[C@H](C)[C@@H](O)CCCOP(=O)(OCc1ccccc1)OCc1ccccc1. The van der Waals surface area contributed by atoms with Gasteiger partial charge in [-0.3, -0.25) is 18.4 Å². The Balaban J connectivity index is 1.89. The van der Waals surface area contributed by atoms with E-state index in [2.05, 4.69) is 4.74 Å². The maximum atomic E-state index is 13.1. The van der Waals surface area contributed by atoms with E-state index in [0.717, 1.165) is 11.1 Å². The van der Waals surface area contributed by atoms with Crippen molar-refractivity contribution in [2.24, 2.45) is 5.92 Å². The summed E-state index contributed by atoms with van der Waals surface area (Å²) in [6.07, 6.45) is -0.223. The molecule has 0 radical (unpaired) electrons. The fraction of sp³-hybridized carbons (Fsp3) is 0.409. The van der Waals surface area contributed by atoms with Gasteiger partial charge in [0.15, 0.2) is 0 Å². The van der Waals surface area contributed by atoms with Gasteiger partial charge in [-0.05, 0) is 30.9 Å². The number of ether oxygens (including phenoxy) is 1. The first-order valence-electron chi connectivity index (χ1n) is 9.81. The first-order valence-corrected chi connectivity index (χ1v) is 11.3. The van der Waals surface area contributed by atoms with Crippen molar-refractivity contribution in [1.82, 2.24) is 0 Å². The zero-order valence-electron chi connectivity index (χ0n) is 17.3. The lowest BCUT2D eigenvalue weighted by Crippen LogP contribution is -2.26. The summed E-state index contributed by atoms with van der Waals surface area (Å²) in [7, 11) is -2.56. The molecule has 2 aromatic carbocycles. The molecule has 0 aliphatic heterocycles. The van der Waals surface area contributed by atoms with Crippen molar-refractivity contribution in [1.29, 1.82) is 0 Å². The summed E-state index contributed by atoms with van der Waals surface area (Å²) in [6, 6.07) is 18.6. The van der Waals surface area contributed by atoms with E-state index in [1.165, 1.54) is 7.11 Å². The molecule has 2 atom stereocenters. The fourth-order valence-electron chi connectivity index (χ4n) is 2.63. The molecule has 0 amide bonds. The summed E-state index contributed by atoms with van der Waals surface area (Å²) in [6.45, 7) is 1.80. The summed E-state index contributed by atoms with van der Waals surface area (Å²) in [4.78, 5) is 11.5. The van der Waals surface area contributed by atoms with Crippen LogP contribution in [0.15, 0.2) is 60.7 Å². The molecule has 0 saturated carbocycles. The first kappa shape index (κ1) is 24.3. The topological polar surface area (TPSA) is 91.3 Å². The first-order chi connectivity index (χ1) is 14.4. The Morgan fingerprint density at radius 3 is 1.90 bits per heavy atom. The Labute approximate surface area is 177 Å². The van der Waals surface area contributed by atoms with E-state index in [9.17, 15) is 14.5 Å². The minimum Gasteiger partial charge on any atom is -0.469 e. The van der Waals surface area contributed by atoms with E-state index in [-0.39, 0.29) is 26.2 Å². The van der Waals surface area contributed by atoms with Crippen molar-refractivity contribution in [3.05, 3.63) is 71.8 Å². The number of carbonyl (C=O) groups excluding carboxylic acids is 1. The molecule has 0 bridgehead atoms. The fourth-order valence-corrected chi connectivity index (χ4v) is 3.82. The van der Waals surface area contributed by atoms with Gasteiger partial charge in [-0.25, -0.2) is 4.57 Å². The molecule has 0 aliphatic rings. The lowest BCUT2D eigenvalue weighted by molar-refractivity contribution is -0.148. The van der Waals surface area contributed by atoms with Crippen molar-refractivity contribution >= 4 is 13.8 Å². The molecular weight excluding hydrogens is 407 g/mol. The predicted octanol–water partition coefficient (Wildman–Crippen LogP) is 4.49. The molecule has 7 nitrogen and oxygen atoms in total. The number of phosphoric acid groups is 1. The quantitative estimate of drug-likeness (QED) is 0.281. The number of benzene rings is 2. The molecule has 1 N–H and O–H groups in total. The predicted molar refractivity (Wildman–Crippen MR) is 112 cm³/mol. The second-order valence-electron chi connectivity index (χ2n) is 6.82. The number of hydrogen-bond donors (Lipinski definition) is 1. The van der Waals surface area contributed by atoms with E-state index in [1.807, 2.05) is 60.7 Å². The molecule has 0 heterocycles. The van der Waals surface area contributed by atoms with Gasteiger partial charge >= 0.3 is 13.8 Å². The molecule has 0 unspecified atom stereocenters. The third-order valence-corrected chi connectivity index (χ3v) is 5.90. The number of rotatable bonds is 13. The van der Waals surface area contributed by atoms with E-state index in [0.29, 0.717) is 6.42 Å². The number of aliphatic hydroxyl groups is 1. The second kappa shape index (κ2) is 12.6. The summed E-state index contributed by atoms with van der Waals surface area (Å²) < 4.78 is 34.2.